The summed E-state index contributed by atoms with van der Waals surface area (Å²) in [6.45, 7) is 0.375. The van der Waals surface area contributed by atoms with Crippen molar-refractivity contribution in [1.82, 2.24) is 14.6 Å². The van der Waals surface area contributed by atoms with Crippen LogP contribution in [0.3, 0.4) is 0 Å². The monoisotopic (exact) mass is 571 g/mol. The van der Waals surface area contributed by atoms with Gasteiger partial charge in [-0.3, -0.25) is 4.79 Å². The van der Waals surface area contributed by atoms with E-state index in [1.165, 1.54) is 42.5 Å². The first-order chi connectivity index (χ1) is 17.9. The molecule has 0 bridgehead atoms. The summed E-state index contributed by atoms with van der Waals surface area (Å²) < 4.78 is 90.0. The van der Waals surface area contributed by atoms with Gasteiger partial charge in [0, 0.05) is 25.3 Å². The Balaban J connectivity index is 1.55. The van der Waals surface area contributed by atoms with Crippen molar-refractivity contribution in [1.29, 1.82) is 0 Å². The maximum Gasteiger partial charge on any atom is 0.417 e. The van der Waals surface area contributed by atoms with E-state index >= 15 is 0 Å². The third-order valence-corrected chi connectivity index (χ3v) is 7.94. The molecule has 2 heterocycles. The lowest BCUT2D eigenvalue weighted by atomic mass is 10.0. The fraction of sp³-hybridized carbons (Fsp3) is 0.280. The number of likely N-dealkylation sites (tertiary alicyclic amines) is 1. The standard InChI is InChI=1S/C25H22ClF4N3O4S/c1-37-20-4-2-3-19(27)23(20)15-5-7-21(18(13-15)25(28,29)30)38(35,36)32-17-9-11-33(12-10-17)24(34)16-6-8-22(26)31-14-16/h2-8,13-14,17,32H,9-12H2,1H3. The molecule has 1 aromatic heterocycles. The first-order valence-corrected chi connectivity index (χ1v) is 13.2. The van der Waals surface area contributed by atoms with Crippen molar-refractivity contribution in [2.24, 2.45) is 0 Å². The first kappa shape index (κ1) is 27.8. The van der Waals surface area contributed by atoms with Crippen LogP contribution in [0, 0.1) is 5.82 Å². The number of halogens is 5. The lowest BCUT2D eigenvalue weighted by Crippen LogP contribution is -2.46. The van der Waals surface area contributed by atoms with Crippen molar-refractivity contribution >= 4 is 27.5 Å². The third-order valence-electron chi connectivity index (χ3n) is 6.14. The zero-order valence-electron chi connectivity index (χ0n) is 19.9. The second-order valence-corrected chi connectivity index (χ2v) is 10.7. The van der Waals surface area contributed by atoms with Crippen molar-refractivity contribution in [2.45, 2.75) is 30.0 Å². The van der Waals surface area contributed by atoms with Gasteiger partial charge in [-0.15, -0.1) is 0 Å². The Kier molecular flexibility index (Phi) is 7.96. The van der Waals surface area contributed by atoms with E-state index in [0.717, 1.165) is 18.2 Å². The maximum absolute atomic E-state index is 14.5. The number of alkyl halides is 3. The minimum absolute atomic E-state index is 0.00236. The topological polar surface area (TPSA) is 88.6 Å². The molecular weight excluding hydrogens is 550 g/mol. The van der Waals surface area contributed by atoms with Gasteiger partial charge in [-0.2, -0.15) is 13.2 Å². The van der Waals surface area contributed by atoms with E-state index < -0.39 is 38.5 Å². The summed E-state index contributed by atoms with van der Waals surface area (Å²) in [5.74, 6) is -1.13. The van der Waals surface area contributed by atoms with Crippen LogP contribution in [0.15, 0.2) is 59.6 Å². The number of rotatable bonds is 6. The van der Waals surface area contributed by atoms with Gasteiger partial charge in [-0.05, 0) is 54.8 Å². The second-order valence-electron chi connectivity index (χ2n) is 8.58. The fourth-order valence-corrected chi connectivity index (χ4v) is 5.89. The Morgan fingerprint density at radius 1 is 1.13 bits per heavy atom. The zero-order chi connectivity index (χ0) is 27.7. The molecule has 3 aromatic rings. The maximum atomic E-state index is 14.5. The molecule has 0 saturated carbocycles. The number of sulfonamides is 1. The van der Waals surface area contributed by atoms with Gasteiger partial charge < -0.3 is 9.64 Å². The quantitative estimate of drug-likeness (QED) is 0.326. The summed E-state index contributed by atoms with van der Waals surface area (Å²) in [5.41, 5.74) is -1.52. The van der Waals surface area contributed by atoms with E-state index in [1.54, 1.807) is 0 Å². The molecule has 202 valence electrons. The Bertz CT molecular complexity index is 1440. The minimum Gasteiger partial charge on any atom is -0.496 e. The number of aromatic nitrogens is 1. The highest BCUT2D eigenvalue weighted by atomic mass is 35.5. The molecule has 1 amide bonds. The van der Waals surface area contributed by atoms with Crippen LogP contribution in [0.2, 0.25) is 5.15 Å². The summed E-state index contributed by atoms with van der Waals surface area (Å²) in [7, 11) is -3.37. The Morgan fingerprint density at radius 2 is 1.84 bits per heavy atom. The number of hydrogen-bond donors (Lipinski definition) is 1. The highest BCUT2D eigenvalue weighted by molar-refractivity contribution is 7.89. The number of carbonyl (C=O) groups excluding carboxylic acids is 1. The molecule has 0 radical (unpaired) electrons. The van der Waals surface area contributed by atoms with Gasteiger partial charge in [-0.25, -0.2) is 22.5 Å². The van der Waals surface area contributed by atoms with Gasteiger partial charge in [-0.1, -0.05) is 23.7 Å². The van der Waals surface area contributed by atoms with E-state index in [9.17, 15) is 30.8 Å². The van der Waals surface area contributed by atoms with Crippen LogP contribution in [-0.4, -0.2) is 50.5 Å². The number of piperidine rings is 1. The molecular formula is C25H22ClF4N3O4S. The molecule has 0 unspecified atom stereocenters. The highest BCUT2D eigenvalue weighted by Gasteiger charge is 2.39. The number of methoxy groups -OCH3 is 1. The number of nitrogens with one attached hydrogen (secondary N) is 1. The van der Waals surface area contributed by atoms with E-state index in [2.05, 4.69) is 9.71 Å². The van der Waals surface area contributed by atoms with Crippen molar-refractivity contribution < 1.29 is 35.5 Å². The van der Waals surface area contributed by atoms with E-state index in [1.807, 2.05) is 0 Å². The van der Waals surface area contributed by atoms with Crippen molar-refractivity contribution in [3.05, 3.63) is 76.8 Å². The SMILES string of the molecule is COc1cccc(F)c1-c1ccc(S(=O)(=O)NC2CCN(C(=O)c3ccc(Cl)nc3)CC2)c(C(F)(F)F)c1. The van der Waals surface area contributed by atoms with Crippen LogP contribution in [-0.2, 0) is 16.2 Å². The molecule has 7 nitrogen and oxygen atoms in total. The number of nitrogens with zero attached hydrogens (tertiary/aromatic N) is 2. The van der Waals surface area contributed by atoms with E-state index in [0.29, 0.717) is 11.6 Å². The number of benzene rings is 2. The van der Waals surface area contributed by atoms with Crippen LogP contribution in [0.4, 0.5) is 17.6 Å². The summed E-state index contributed by atoms with van der Waals surface area (Å²) in [5, 5.41) is 0.231. The minimum atomic E-state index is -5.04. The number of pyridine rings is 1. The summed E-state index contributed by atoms with van der Waals surface area (Å²) in [4.78, 5) is 17.0. The van der Waals surface area contributed by atoms with E-state index in [4.69, 9.17) is 16.3 Å². The van der Waals surface area contributed by atoms with Crippen LogP contribution in [0.25, 0.3) is 11.1 Å². The molecule has 1 saturated heterocycles. The molecule has 1 aliphatic heterocycles. The average molecular weight is 572 g/mol. The zero-order valence-corrected chi connectivity index (χ0v) is 21.5. The Hall–Kier alpha value is -3.22. The molecule has 0 aliphatic carbocycles. The first-order valence-electron chi connectivity index (χ1n) is 11.4. The fourth-order valence-electron chi connectivity index (χ4n) is 4.26. The molecule has 38 heavy (non-hydrogen) atoms. The van der Waals surface area contributed by atoms with Crippen molar-refractivity contribution in [2.75, 3.05) is 20.2 Å². The molecule has 1 N–H and O–H groups in total. The molecule has 1 fully saturated rings. The average Bonchev–Trinajstić information content (AvgIpc) is 2.88. The number of carbonyl (C=O) groups is 1. The molecule has 1 aliphatic rings. The lowest BCUT2D eigenvalue weighted by Gasteiger charge is -2.32. The van der Waals surface area contributed by atoms with Crippen LogP contribution < -0.4 is 9.46 Å². The van der Waals surface area contributed by atoms with Gasteiger partial charge in [0.1, 0.15) is 16.7 Å². The van der Waals surface area contributed by atoms with Crippen LogP contribution in [0.1, 0.15) is 28.8 Å². The molecule has 13 heteroatoms. The van der Waals surface area contributed by atoms with Crippen molar-refractivity contribution in [3.8, 4) is 16.9 Å². The number of amides is 1. The van der Waals surface area contributed by atoms with Gasteiger partial charge in [0.25, 0.3) is 5.91 Å². The van der Waals surface area contributed by atoms with Crippen LogP contribution >= 0.6 is 11.6 Å². The largest absolute Gasteiger partial charge is 0.496 e. The molecule has 0 atom stereocenters. The third kappa shape index (κ3) is 5.92. The van der Waals surface area contributed by atoms with Gasteiger partial charge in [0.05, 0.1) is 28.7 Å². The molecule has 4 rings (SSSR count). The van der Waals surface area contributed by atoms with E-state index in [-0.39, 0.29) is 53.9 Å². The van der Waals surface area contributed by atoms with Gasteiger partial charge in [0.2, 0.25) is 10.0 Å². The van der Waals surface area contributed by atoms with Gasteiger partial charge >= 0.3 is 6.18 Å². The van der Waals surface area contributed by atoms with Gasteiger partial charge in [0.15, 0.2) is 0 Å². The summed E-state index contributed by atoms with van der Waals surface area (Å²) >= 11 is 5.74. The summed E-state index contributed by atoms with van der Waals surface area (Å²) in [6.07, 6.45) is -3.32. The Morgan fingerprint density at radius 3 is 2.45 bits per heavy atom. The smallest absolute Gasteiger partial charge is 0.417 e. The molecule has 2 aromatic carbocycles. The second kappa shape index (κ2) is 10.9. The van der Waals surface area contributed by atoms with Crippen molar-refractivity contribution in [3.63, 3.8) is 0 Å². The normalized spacial score (nSPS) is 14.9. The summed E-state index contributed by atoms with van der Waals surface area (Å²) in [6, 6.07) is 8.60. The van der Waals surface area contributed by atoms with Crippen LogP contribution in [0.5, 0.6) is 5.75 Å². The number of ether oxygens (including phenoxy) is 1. The predicted molar refractivity (Wildman–Crippen MR) is 132 cm³/mol. The molecule has 0 spiro atoms. The predicted octanol–water partition coefficient (Wildman–Crippen LogP) is 5.15. The number of hydrogen-bond acceptors (Lipinski definition) is 5. The Labute approximate surface area is 221 Å². The lowest BCUT2D eigenvalue weighted by molar-refractivity contribution is -0.139. The highest BCUT2D eigenvalue weighted by Crippen LogP contribution is 2.40.